The largest absolute Gasteiger partial charge is 0.508 e. The Morgan fingerprint density at radius 1 is 1.17 bits per heavy atom. The summed E-state index contributed by atoms with van der Waals surface area (Å²) in [6.45, 7) is 5.75. The summed E-state index contributed by atoms with van der Waals surface area (Å²) >= 11 is 0. The number of nitrogens with zero attached hydrogens (tertiary/aromatic N) is 2. The predicted octanol–water partition coefficient (Wildman–Crippen LogP) is 2.46. The minimum atomic E-state index is 0.300. The molecule has 0 spiro atoms. The maximum Gasteiger partial charge on any atom is 0.115 e. The van der Waals surface area contributed by atoms with E-state index in [0.29, 0.717) is 11.8 Å². The van der Waals surface area contributed by atoms with Crippen LogP contribution in [0, 0.1) is 0 Å². The van der Waals surface area contributed by atoms with Gasteiger partial charge in [-0.15, -0.1) is 0 Å². The van der Waals surface area contributed by atoms with Crippen molar-refractivity contribution in [3.63, 3.8) is 0 Å². The molecule has 0 saturated carbocycles. The van der Waals surface area contributed by atoms with Crippen molar-refractivity contribution in [2.24, 2.45) is 0 Å². The van der Waals surface area contributed by atoms with Gasteiger partial charge >= 0.3 is 0 Å². The number of aromatic hydroxyl groups is 1. The average Bonchev–Trinajstić information content (AvgIpc) is 2.81. The third kappa shape index (κ3) is 3.34. The molecule has 96 valence electrons. The summed E-state index contributed by atoms with van der Waals surface area (Å²) in [6, 6.07) is 9.65. The minimum Gasteiger partial charge on any atom is -0.508 e. The summed E-state index contributed by atoms with van der Waals surface area (Å²) in [5, 5.41) is 17.0. The summed E-state index contributed by atoms with van der Waals surface area (Å²) < 4.78 is 1.96. The Labute approximate surface area is 107 Å². The topological polar surface area (TPSA) is 50.1 Å². The van der Waals surface area contributed by atoms with Crippen LogP contribution >= 0.6 is 0 Å². The number of hydrogen-bond acceptors (Lipinski definition) is 3. The first-order valence-electron chi connectivity index (χ1n) is 6.18. The first-order chi connectivity index (χ1) is 8.65. The van der Waals surface area contributed by atoms with E-state index in [0.717, 1.165) is 24.3 Å². The van der Waals surface area contributed by atoms with Gasteiger partial charge in [-0.2, -0.15) is 5.10 Å². The fourth-order valence-electron chi connectivity index (χ4n) is 1.71. The molecule has 0 unspecified atom stereocenters. The van der Waals surface area contributed by atoms with Crippen LogP contribution in [0.25, 0.3) is 0 Å². The molecule has 0 bridgehead atoms. The van der Waals surface area contributed by atoms with Crippen molar-refractivity contribution >= 4 is 0 Å². The second-order valence-corrected chi connectivity index (χ2v) is 4.65. The molecule has 2 N–H and O–H groups in total. The van der Waals surface area contributed by atoms with Crippen LogP contribution in [0.2, 0.25) is 0 Å². The molecule has 1 heterocycles. The maximum atomic E-state index is 9.18. The molecule has 0 fully saturated rings. The Bertz CT molecular complexity index is 488. The molecule has 1 aromatic heterocycles. The molecule has 2 rings (SSSR count). The van der Waals surface area contributed by atoms with E-state index in [1.54, 1.807) is 12.1 Å². The van der Waals surface area contributed by atoms with Crippen molar-refractivity contribution in [1.82, 2.24) is 15.1 Å². The van der Waals surface area contributed by atoms with Gasteiger partial charge in [-0.3, -0.25) is 4.68 Å². The number of phenols is 1. The molecular formula is C14H19N3O. The van der Waals surface area contributed by atoms with Crippen LogP contribution < -0.4 is 5.32 Å². The molecule has 0 saturated heterocycles. The normalized spacial score (nSPS) is 11.1. The average molecular weight is 245 g/mol. The lowest BCUT2D eigenvalue weighted by atomic mass is 10.2. The highest BCUT2D eigenvalue weighted by atomic mass is 16.3. The van der Waals surface area contributed by atoms with Gasteiger partial charge in [-0.1, -0.05) is 12.1 Å². The number of benzene rings is 1. The van der Waals surface area contributed by atoms with Crippen molar-refractivity contribution in [2.45, 2.75) is 33.0 Å². The quantitative estimate of drug-likeness (QED) is 0.850. The van der Waals surface area contributed by atoms with E-state index in [2.05, 4.69) is 24.3 Å². The van der Waals surface area contributed by atoms with Crippen molar-refractivity contribution in [2.75, 3.05) is 0 Å². The molecule has 0 atom stereocenters. The van der Waals surface area contributed by atoms with Crippen molar-refractivity contribution < 1.29 is 5.11 Å². The van der Waals surface area contributed by atoms with Gasteiger partial charge in [0.05, 0.1) is 5.69 Å². The summed E-state index contributed by atoms with van der Waals surface area (Å²) in [5.41, 5.74) is 2.19. The molecule has 4 nitrogen and oxygen atoms in total. The summed E-state index contributed by atoms with van der Waals surface area (Å²) in [4.78, 5) is 0. The Hall–Kier alpha value is -1.81. The van der Waals surface area contributed by atoms with E-state index < -0.39 is 0 Å². The molecule has 4 heteroatoms. The molecule has 0 radical (unpaired) electrons. The van der Waals surface area contributed by atoms with Crippen molar-refractivity contribution in [3.05, 3.63) is 47.8 Å². The van der Waals surface area contributed by atoms with Crippen LogP contribution in [0.1, 0.15) is 31.1 Å². The highest BCUT2D eigenvalue weighted by Gasteiger charge is 2.01. The van der Waals surface area contributed by atoms with E-state index in [9.17, 15) is 5.11 Å². The van der Waals surface area contributed by atoms with Crippen molar-refractivity contribution in [3.8, 4) is 5.75 Å². The standard InChI is InChI=1S/C14H19N3O/c1-11(2)17-8-7-13(16-17)10-15-9-12-3-5-14(18)6-4-12/h3-8,11,15,18H,9-10H2,1-2H3. The molecule has 18 heavy (non-hydrogen) atoms. The first-order valence-corrected chi connectivity index (χ1v) is 6.18. The fourth-order valence-corrected chi connectivity index (χ4v) is 1.71. The zero-order chi connectivity index (χ0) is 13.0. The Morgan fingerprint density at radius 2 is 1.89 bits per heavy atom. The highest BCUT2D eigenvalue weighted by Crippen LogP contribution is 2.09. The Kier molecular flexibility index (Phi) is 3.99. The third-order valence-corrected chi connectivity index (χ3v) is 2.76. The molecule has 0 aliphatic carbocycles. The summed E-state index contributed by atoms with van der Waals surface area (Å²) in [5.74, 6) is 0.300. The van der Waals surface area contributed by atoms with Gasteiger partial charge in [0, 0.05) is 25.3 Å². The minimum absolute atomic E-state index is 0.300. The van der Waals surface area contributed by atoms with E-state index in [-0.39, 0.29) is 0 Å². The zero-order valence-corrected chi connectivity index (χ0v) is 10.8. The molecule has 2 aromatic rings. The number of nitrogens with one attached hydrogen (secondary N) is 1. The molecule has 0 aliphatic heterocycles. The summed E-state index contributed by atoms with van der Waals surface area (Å²) in [6.07, 6.45) is 2.00. The number of aromatic nitrogens is 2. The lowest BCUT2D eigenvalue weighted by molar-refractivity contribution is 0.475. The van der Waals surface area contributed by atoms with Crippen LogP contribution in [0.3, 0.4) is 0 Å². The number of phenolic OH excluding ortho intramolecular Hbond substituents is 1. The second-order valence-electron chi connectivity index (χ2n) is 4.65. The zero-order valence-electron chi connectivity index (χ0n) is 10.8. The monoisotopic (exact) mass is 245 g/mol. The van der Waals surface area contributed by atoms with Crippen molar-refractivity contribution in [1.29, 1.82) is 0 Å². The van der Waals surface area contributed by atoms with Crippen LogP contribution in [-0.2, 0) is 13.1 Å². The van der Waals surface area contributed by atoms with Gasteiger partial charge in [0.25, 0.3) is 0 Å². The van der Waals surface area contributed by atoms with Crippen LogP contribution in [0.5, 0.6) is 5.75 Å². The Balaban J connectivity index is 1.82. The van der Waals surface area contributed by atoms with Gasteiger partial charge in [-0.25, -0.2) is 0 Å². The third-order valence-electron chi connectivity index (χ3n) is 2.76. The fraction of sp³-hybridized carbons (Fsp3) is 0.357. The molecule has 0 amide bonds. The first kappa shape index (κ1) is 12.6. The number of hydrogen-bond donors (Lipinski definition) is 2. The van der Waals surface area contributed by atoms with E-state index in [4.69, 9.17) is 0 Å². The second kappa shape index (κ2) is 5.69. The van der Waals surface area contributed by atoms with Crippen LogP contribution in [-0.4, -0.2) is 14.9 Å². The summed E-state index contributed by atoms with van der Waals surface area (Å²) in [7, 11) is 0. The maximum absolute atomic E-state index is 9.18. The Morgan fingerprint density at radius 3 is 2.50 bits per heavy atom. The van der Waals surface area contributed by atoms with Gasteiger partial charge in [0.15, 0.2) is 0 Å². The predicted molar refractivity (Wildman–Crippen MR) is 71.3 cm³/mol. The van der Waals surface area contributed by atoms with Crippen LogP contribution in [0.4, 0.5) is 0 Å². The van der Waals surface area contributed by atoms with Crippen LogP contribution in [0.15, 0.2) is 36.5 Å². The number of rotatable bonds is 5. The van der Waals surface area contributed by atoms with Gasteiger partial charge in [-0.05, 0) is 37.6 Å². The highest BCUT2D eigenvalue weighted by molar-refractivity contribution is 5.25. The molecular weight excluding hydrogens is 226 g/mol. The van der Waals surface area contributed by atoms with E-state index >= 15 is 0 Å². The van der Waals surface area contributed by atoms with E-state index in [1.165, 1.54) is 0 Å². The molecule has 1 aromatic carbocycles. The lowest BCUT2D eigenvalue weighted by Crippen LogP contribution is -2.13. The van der Waals surface area contributed by atoms with Gasteiger partial charge < -0.3 is 10.4 Å². The molecule has 0 aliphatic rings. The smallest absolute Gasteiger partial charge is 0.115 e. The van der Waals surface area contributed by atoms with E-state index in [1.807, 2.05) is 29.1 Å². The SMILES string of the molecule is CC(C)n1ccc(CNCc2ccc(O)cc2)n1. The van der Waals surface area contributed by atoms with Gasteiger partial charge in [0.2, 0.25) is 0 Å². The van der Waals surface area contributed by atoms with Gasteiger partial charge in [0.1, 0.15) is 5.75 Å². The lowest BCUT2D eigenvalue weighted by Gasteiger charge is -2.05.